The zero-order valence-electron chi connectivity index (χ0n) is 11.9. The van der Waals surface area contributed by atoms with Gasteiger partial charge in [0.05, 0.1) is 0 Å². The fourth-order valence-corrected chi connectivity index (χ4v) is 1.85. The van der Waals surface area contributed by atoms with E-state index in [1.165, 1.54) is 19.1 Å². The highest BCUT2D eigenvalue weighted by Crippen LogP contribution is 2.10. The maximum atomic E-state index is 11.8. The Balaban J connectivity index is 2.59. The molecule has 0 aromatic heterocycles. The van der Waals surface area contributed by atoms with Gasteiger partial charge in [0.2, 0.25) is 5.91 Å². The number of benzene rings is 1. The first kappa shape index (κ1) is 17.0. The average molecular weight is 310 g/mol. The van der Waals surface area contributed by atoms with E-state index >= 15 is 0 Å². The van der Waals surface area contributed by atoms with Crippen LogP contribution < -0.4 is 10.6 Å². The number of aliphatic carboxylic acids is 1. The lowest BCUT2D eigenvalue weighted by Crippen LogP contribution is -2.38. The number of hydrogen-bond acceptors (Lipinski definition) is 4. The van der Waals surface area contributed by atoms with E-state index in [0.717, 1.165) is 5.75 Å². The maximum Gasteiger partial charge on any atom is 0.325 e. The van der Waals surface area contributed by atoms with Crippen molar-refractivity contribution in [3.05, 3.63) is 29.8 Å². The van der Waals surface area contributed by atoms with Gasteiger partial charge in [-0.2, -0.15) is 11.8 Å². The van der Waals surface area contributed by atoms with Gasteiger partial charge in [0, 0.05) is 23.4 Å². The van der Waals surface area contributed by atoms with Gasteiger partial charge >= 0.3 is 5.97 Å². The van der Waals surface area contributed by atoms with Crippen molar-refractivity contribution in [3.8, 4) is 0 Å². The fourth-order valence-electron chi connectivity index (χ4n) is 1.46. The Labute approximate surface area is 127 Å². The van der Waals surface area contributed by atoms with Crippen LogP contribution in [0.4, 0.5) is 5.69 Å². The van der Waals surface area contributed by atoms with Crippen molar-refractivity contribution < 1.29 is 19.5 Å². The summed E-state index contributed by atoms with van der Waals surface area (Å²) in [5.74, 6) is -0.897. The normalized spacial score (nSPS) is 11.5. The number of nitrogens with one attached hydrogen (secondary N) is 2. The molecule has 6 nitrogen and oxygen atoms in total. The van der Waals surface area contributed by atoms with E-state index in [1.807, 2.05) is 6.26 Å². The molecule has 114 valence electrons. The molecule has 0 saturated carbocycles. The Hall–Kier alpha value is -2.02. The topological polar surface area (TPSA) is 95.5 Å². The first-order valence-corrected chi connectivity index (χ1v) is 7.76. The summed E-state index contributed by atoms with van der Waals surface area (Å²) in [6, 6.07) is 5.33. The van der Waals surface area contributed by atoms with E-state index in [0.29, 0.717) is 17.7 Å². The van der Waals surface area contributed by atoms with Crippen molar-refractivity contribution in [2.45, 2.75) is 19.4 Å². The predicted molar refractivity (Wildman–Crippen MR) is 82.6 cm³/mol. The molecule has 0 radical (unpaired) electrons. The molecule has 0 heterocycles. The third kappa shape index (κ3) is 5.86. The minimum absolute atomic E-state index is 0.0824. The number of hydrogen-bond donors (Lipinski definition) is 3. The monoisotopic (exact) mass is 310 g/mol. The Morgan fingerprint density at radius 2 is 1.86 bits per heavy atom. The molecule has 1 atom stereocenters. The molecule has 0 aliphatic heterocycles. The zero-order valence-corrected chi connectivity index (χ0v) is 12.7. The lowest BCUT2D eigenvalue weighted by molar-refractivity contribution is -0.138. The third-order valence-electron chi connectivity index (χ3n) is 2.68. The van der Waals surface area contributed by atoms with Crippen molar-refractivity contribution >= 4 is 35.2 Å². The molecular weight excluding hydrogens is 292 g/mol. The molecule has 0 aliphatic carbocycles. The second kappa shape index (κ2) is 8.31. The van der Waals surface area contributed by atoms with Gasteiger partial charge in [-0.25, -0.2) is 0 Å². The van der Waals surface area contributed by atoms with Crippen LogP contribution in [-0.2, 0) is 9.59 Å². The van der Waals surface area contributed by atoms with E-state index in [-0.39, 0.29) is 5.91 Å². The predicted octanol–water partition coefficient (Wildman–Crippen LogP) is 1.58. The van der Waals surface area contributed by atoms with E-state index in [1.54, 1.807) is 23.9 Å². The summed E-state index contributed by atoms with van der Waals surface area (Å²) in [5.41, 5.74) is 0.939. The number of thioether (sulfide) groups is 1. The molecule has 0 fully saturated rings. The van der Waals surface area contributed by atoms with Gasteiger partial charge in [-0.1, -0.05) is 0 Å². The molecular formula is C14H18N2O4S. The maximum absolute atomic E-state index is 11.8. The molecule has 1 aromatic carbocycles. The standard InChI is InChI=1S/C14H18N2O4S/c1-9(14(19)20)15-13(18)10-3-5-11(6-4-10)16-12(17)7-8-21-2/h3-6,9H,7-8H2,1-2H3,(H,15,18)(H,16,17)(H,19,20). The van der Waals surface area contributed by atoms with Gasteiger partial charge in [0.25, 0.3) is 5.91 Å². The number of carboxylic acids is 1. The summed E-state index contributed by atoms with van der Waals surface area (Å²) in [5, 5.41) is 13.8. The minimum Gasteiger partial charge on any atom is -0.480 e. The highest BCUT2D eigenvalue weighted by Gasteiger charge is 2.15. The fraction of sp³-hybridized carbons (Fsp3) is 0.357. The van der Waals surface area contributed by atoms with Crippen molar-refractivity contribution in [2.24, 2.45) is 0 Å². The van der Waals surface area contributed by atoms with E-state index < -0.39 is 17.9 Å². The Morgan fingerprint density at radius 1 is 1.24 bits per heavy atom. The van der Waals surface area contributed by atoms with E-state index in [4.69, 9.17) is 5.11 Å². The molecule has 1 aromatic rings. The summed E-state index contributed by atoms with van der Waals surface area (Å²) >= 11 is 1.59. The SMILES string of the molecule is CSCCC(=O)Nc1ccc(C(=O)NC(C)C(=O)O)cc1. The van der Waals surface area contributed by atoms with Crippen LogP contribution in [-0.4, -0.2) is 40.9 Å². The minimum atomic E-state index is -1.10. The van der Waals surface area contributed by atoms with Crippen molar-refractivity contribution in [3.63, 3.8) is 0 Å². The van der Waals surface area contributed by atoms with Gasteiger partial charge in [-0.15, -0.1) is 0 Å². The lowest BCUT2D eigenvalue weighted by atomic mass is 10.2. The summed E-state index contributed by atoms with van der Waals surface area (Å²) < 4.78 is 0. The highest BCUT2D eigenvalue weighted by atomic mass is 32.2. The van der Waals surface area contributed by atoms with E-state index in [9.17, 15) is 14.4 Å². The number of anilines is 1. The summed E-state index contributed by atoms with van der Waals surface area (Å²) in [4.78, 5) is 34.0. The van der Waals surface area contributed by atoms with Crippen molar-refractivity contribution in [1.82, 2.24) is 5.32 Å². The van der Waals surface area contributed by atoms with Gasteiger partial charge < -0.3 is 15.7 Å². The number of rotatable bonds is 7. The number of amides is 2. The first-order valence-electron chi connectivity index (χ1n) is 6.36. The summed E-state index contributed by atoms with van der Waals surface area (Å²) in [6.07, 6.45) is 2.36. The lowest BCUT2D eigenvalue weighted by Gasteiger charge is -2.10. The Bertz CT molecular complexity index is 516. The third-order valence-corrected chi connectivity index (χ3v) is 3.29. The number of carbonyl (C=O) groups excluding carboxylic acids is 2. The molecule has 0 aliphatic rings. The van der Waals surface area contributed by atoms with Crippen LogP contribution in [0, 0.1) is 0 Å². The second-order valence-electron chi connectivity index (χ2n) is 4.40. The molecule has 0 bridgehead atoms. The number of carboxylic acid groups (broad SMARTS) is 1. The van der Waals surface area contributed by atoms with Gasteiger partial charge in [0.1, 0.15) is 6.04 Å². The van der Waals surface area contributed by atoms with Crippen LogP contribution in [0.25, 0.3) is 0 Å². The van der Waals surface area contributed by atoms with Crippen LogP contribution in [0.5, 0.6) is 0 Å². The Morgan fingerprint density at radius 3 is 2.38 bits per heavy atom. The van der Waals surface area contributed by atoms with Crippen molar-refractivity contribution in [1.29, 1.82) is 0 Å². The zero-order chi connectivity index (χ0) is 15.8. The first-order chi connectivity index (χ1) is 9.93. The molecule has 7 heteroatoms. The highest BCUT2D eigenvalue weighted by molar-refractivity contribution is 7.98. The molecule has 1 unspecified atom stereocenters. The molecule has 21 heavy (non-hydrogen) atoms. The second-order valence-corrected chi connectivity index (χ2v) is 5.39. The van der Waals surface area contributed by atoms with Crippen LogP contribution >= 0.6 is 11.8 Å². The molecule has 3 N–H and O–H groups in total. The molecule has 0 spiro atoms. The van der Waals surface area contributed by atoms with Crippen molar-refractivity contribution in [2.75, 3.05) is 17.3 Å². The van der Waals surface area contributed by atoms with Gasteiger partial charge in [-0.05, 0) is 37.4 Å². The molecule has 2 amide bonds. The quantitative estimate of drug-likeness (QED) is 0.710. The van der Waals surface area contributed by atoms with Crippen LogP contribution in [0.15, 0.2) is 24.3 Å². The summed E-state index contributed by atoms with van der Waals surface area (Å²) in [6.45, 7) is 1.39. The molecule has 0 saturated heterocycles. The molecule has 1 rings (SSSR count). The average Bonchev–Trinajstić information content (AvgIpc) is 2.45. The van der Waals surface area contributed by atoms with Crippen LogP contribution in [0.2, 0.25) is 0 Å². The van der Waals surface area contributed by atoms with Crippen LogP contribution in [0.3, 0.4) is 0 Å². The van der Waals surface area contributed by atoms with Gasteiger partial charge in [-0.3, -0.25) is 14.4 Å². The Kier molecular flexibility index (Phi) is 6.74. The van der Waals surface area contributed by atoms with E-state index in [2.05, 4.69) is 10.6 Å². The largest absolute Gasteiger partial charge is 0.480 e. The summed E-state index contributed by atoms with van der Waals surface area (Å²) in [7, 11) is 0. The van der Waals surface area contributed by atoms with Crippen LogP contribution in [0.1, 0.15) is 23.7 Å². The van der Waals surface area contributed by atoms with Gasteiger partial charge in [0.15, 0.2) is 0 Å². The number of carbonyl (C=O) groups is 3. The smallest absolute Gasteiger partial charge is 0.325 e.